The number of azo groups is 1. The molecule has 0 aliphatic carbocycles. The molecule has 2 aliphatic heterocycles. The summed E-state index contributed by atoms with van der Waals surface area (Å²) in [6.07, 6.45) is 5.00. The number of hydrogen-bond acceptors (Lipinski definition) is 6. The Morgan fingerprint density at radius 2 is 1.77 bits per heavy atom. The van der Waals surface area contributed by atoms with Crippen molar-refractivity contribution in [1.82, 2.24) is 0 Å². The molecule has 0 bridgehead atoms. The zero-order valence-electron chi connectivity index (χ0n) is 14.1. The van der Waals surface area contributed by atoms with Crippen molar-refractivity contribution in [2.24, 2.45) is 20.2 Å². The molecule has 7 heteroatoms. The van der Waals surface area contributed by atoms with E-state index in [0.29, 0.717) is 17.9 Å². The van der Waals surface area contributed by atoms with Crippen molar-refractivity contribution in [2.75, 3.05) is 19.5 Å². The molecule has 0 spiro atoms. The molecule has 2 aliphatic rings. The number of benzene rings is 2. The van der Waals surface area contributed by atoms with Gasteiger partial charge >= 0.3 is 0 Å². The fourth-order valence-electron chi connectivity index (χ4n) is 3.07. The van der Waals surface area contributed by atoms with Crippen molar-refractivity contribution >= 4 is 27.5 Å². The lowest BCUT2D eigenvalue weighted by atomic mass is 9.96. The summed E-state index contributed by atoms with van der Waals surface area (Å²) < 4.78 is 24.5. The molecule has 0 saturated heterocycles. The highest BCUT2D eigenvalue weighted by Gasteiger charge is 2.23. The normalized spacial score (nSPS) is 16.0. The average Bonchev–Trinajstić information content (AvgIpc) is 3.34. The summed E-state index contributed by atoms with van der Waals surface area (Å²) in [6.45, 7) is 0.908. The lowest BCUT2D eigenvalue weighted by Crippen LogP contribution is -2.08. The van der Waals surface area contributed by atoms with Gasteiger partial charge in [-0.2, -0.15) is 5.11 Å². The molecule has 0 atom stereocenters. The van der Waals surface area contributed by atoms with E-state index in [9.17, 15) is 8.42 Å². The van der Waals surface area contributed by atoms with Crippen molar-refractivity contribution in [3.8, 4) is 11.1 Å². The highest BCUT2D eigenvalue weighted by Crippen LogP contribution is 2.32. The van der Waals surface area contributed by atoms with Crippen LogP contribution < -0.4 is 0 Å². The van der Waals surface area contributed by atoms with Crippen molar-refractivity contribution < 1.29 is 8.42 Å². The van der Waals surface area contributed by atoms with E-state index in [2.05, 4.69) is 20.2 Å². The molecule has 2 aromatic rings. The van der Waals surface area contributed by atoms with Gasteiger partial charge in [0.15, 0.2) is 22.3 Å². The van der Waals surface area contributed by atoms with Gasteiger partial charge < -0.3 is 0 Å². The topological polar surface area (TPSA) is 83.6 Å². The van der Waals surface area contributed by atoms with Crippen LogP contribution in [-0.2, 0) is 9.84 Å². The van der Waals surface area contributed by atoms with Crippen LogP contribution in [-0.4, -0.2) is 39.9 Å². The first-order valence-corrected chi connectivity index (χ1v) is 9.98. The minimum absolute atomic E-state index is 0.213. The van der Waals surface area contributed by atoms with Crippen LogP contribution in [0.5, 0.6) is 0 Å². The molecule has 2 heterocycles. The molecule has 0 radical (unpaired) electrons. The number of hydrogen-bond donors (Lipinski definition) is 0. The Morgan fingerprint density at radius 1 is 1.00 bits per heavy atom. The van der Waals surface area contributed by atoms with Gasteiger partial charge in [0.2, 0.25) is 0 Å². The number of sulfone groups is 1. The van der Waals surface area contributed by atoms with Crippen molar-refractivity contribution in [2.45, 2.75) is 4.90 Å². The second kappa shape index (κ2) is 6.42. The van der Waals surface area contributed by atoms with E-state index in [-0.39, 0.29) is 11.6 Å². The standard InChI is InChI=1S/C19H16N4O2S/c1-26(24,25)17-4-2-3-16(18(17)19-21-12-22-23-19)14-7-5-13(6-8-14)15-9-10-20-11-15/h2-10H,11-12H2,1H3. The average molecular weight is 364 g/mol. The van der Waals surface area contributed by atoms with Gasteiger partial charge in [-0.1, -0.05) is 36.4 Å². The maximum absolute atomic E-state index is 12.3. The predicted molar refractivity (Wildman–Crippen MR) is 103 cm³/mol. The van der Waals surface area contributed by atoms with Crippen LogP contribution in [0.1, 0.15) is 11.1 Å². The maximum Gasteiger partial charge on any atom is 0.180 e. The Balaban J connectivity index is 1.85. The molecule has 6 nitrogen and oxygen atoms in total. The molecular weight excluding hydrogens is 348 g/mol. The highest BCUT2D eigenvalue weighted by atomic mass is 32.2. The highest BCUT2D eigenvalue weighted by molar-refractivity contribution is 7.90. The molecule has 0 amide bonds. The van der Waals surface area contributed by atoms with Crippen LogP contribution >= 0.6 is 0 Å². The number of aliphatic imine (C=N–C) groups is 2. The minimum atomic E-state index is -3.43. The number of amidine groups is 1. The minimum Gasteiger partial charge on any atom is -0.288 e. The fraction of sp³-hybridized carbons (Fsp3) is 0.158. The predicted octanol–water partition coefficient (Wildman–Crippen LogP) is 3.39. The zero-order valence-corrected chi connectivity index (χ0v) is 14.9. The molecule has 0 aromatic heterocycles. The second-order valence-corrected chi connectivity index (χ2v) is 8.06. The van der Waals surface area contributed by atoms with E-state index in [0.717, 1.165) is 22.3 Å². The van der Waals surface area contributed by atoms with Crippen LogP contribution in [0.3, 0.4) is 0 Å². The SMILES string of the molecule is CS(=O)(=O)c1cccc(-c2ccc(C3=CC=NC3)cc2)c1C1=NCN=N1. The van der Waals surface area contributed by atoms with Gasteiger partial charge in [-0.3, -0.25) is 4.99 Å². The van der Waals surface area contributed by atoms with E-state index < -0.39 is 9.84 Å². The number of rotatable bonds is 4. The molecule has 0 unspecified atom stereocenters. The van der Waals surface area contributed by atoms with Crippen LogP contribution in [0.25, 0.3) is 16.7 Å². The lowest BCUT2D eigenvalue weighted by Gasteiger charge is -2.13. The van der Waals surface area contributed by atoms with Gasteiger partial charge in [0, 0.05) is 18.0 Å². The Bertz CT molecular complexity index is 1090. The summed E-state index contributed by atoms with van der Waals surface area (Å²) in [7, 11) is -3.43. The number of allylic oxidation sites excluding steroid dienone is 1. The first-order chi connectivity index (χ1) is 12.5. The third-order valence-electron chi connectivity index (χ3n) is 4.31. The molecule has 26 heavy (non-hydrogen) atoms. The summed E-state index contributed by atoms with van der Waals surface area (Å²) in [6, 6.07) is 13.2. The zero-order chi connectivity index (χ0) is 18.1. The van der Waals surface area contributed by atoms with Gasteiger partial charge in [-0.15, -0.1) is 5.11 Å². The Morgan fingerprint density at radius 3 is 2.38 bits per heavy atom. The van der Waals surface area contributed by atoms with Crippen molar-refractivity contribution in [1.29, 1.82) is 0 Å². The first-order valence-electron chi connectivity index (χ1n) is 8.09. The quantitative estimate of drug-likeness (QED) is 0.833. The van der Waals surface area contributed by atoms with E-state index in [1.807, 2.05) is 36.4 Å². The van der Waals surface area contributed by atoms with Crippen LogP contribution in [0, 0.1) is 0 Å². The molecule has 0 N–H and O–H groups in total. The molecule has 2 aromatic carbocycles. The smallest absolute Gasteiger partial charge is 0.180 e. The van der Waals surface area contributed by atoms with E-state index in [1.165, 1.54) is 6.26 Å². The van der Waals surface area contributed by atoms with E-state index >= 15 is 0 Å². The molecular formula is C19H16N4O2S. The van der Waals surface area contributed by atoms with Gasteiger partial charge in [0.1, 0.15) is 0 Å². The van der Waals surface area contributed by atoms with Crippen LogP contribution in [0.2, 0.25) is 0 Å². The summed E-state index contributed by atoms with van der Waals surface area (Å²) in [4.78, 5) is 8.66. The summed E-state index contributed by atoms with van der Waals surface area (Å²) >= 11 is 0. The largest absolute Gasteiger partial charge is 0.288 e. The lowest BCUT2D eigenvalue weighted by molar-refractivity contribution is 0.601. The third-order valence-corrected chi connectivity index (χ3v) is 5.45. The summed E-state index contributed by atoms with van der Waals surface area (Å²) in [5, 5.41) is 7.90. The van der Waals surface area contributed by atoms with E-state index in [1.54, 1.807) is 18.3 Å². The Hall–Kier alpha value is -2.93. The monoisotopic (exact) mass is 364 g/mol. The van der Waals surface area contributed by atoms with Gasteiger partial charge in [-0.05, 0) is 34.4 Å². The van der Waals surface area contributed by atoms with Gasteiger partial charge in [0.25, 0.3) is 0 Å². The summed E-state index contributed by atoms with van der Waals surface area (Å²) in [5.74, 6) is 0.358. The number of nitrogens with zero attached hydrogens (tertiary/aromatic N) is 4. The van der Waals surface area contributed by atoms with Crippen LogP contribution in [0.4, 0.5) is 0 Å². The van der Waals surface area contributed by atoms with Crippen LogP contribution in [0.15, 0.2) is 73.6 Å². The fourth-order valence-corrected chi connectivity index (χ4v) is 3.96. The van der Waals surface area contributed by atoms with Crippen molar-refractivity contribution in [3.05, 3.63) is 59.7 Å². The molecule has 130 valence electrons. The van der Waals surface area contributed by atoms with E-state index in [4.69, 9.17) is 0 Å². The summed E-state index contributed by atoms with van der Waals surface area (Å²) in [5.41, 5.74) is 4.45. The third kappa shape index (κ3) is 3.01. The maximum atomic E-state index is 12.3. The first kappa shape index (κ1) is 16.5. The second-order valence-electron chi connectivity index (χ2n) is 6.07. The Labute approximate surface area is 151 Å². The molecule has 4 rings (SSSR count). The molecule has 0 fully saturated rings. The Kier molecular flexibility index (Phi) is 4.08. The van der Waals surface area contributed by atoms with Gasteiger partial charge in [0.05, 0.1) is 11.4 Å². The van der Waals surface area contributed by atoms with Crippen molar-refractivity contribution in [3.63, 3.8) is 0 Å². The molecule has 0 saturated carbocycles. The van der Waals surface area contributed by atoms with Gasteiger partial charge in [-0.25, -0.2) is 13.4 Å².